The highest BCUT2D eigenvalue weighted by atomic mass is 79.9. The molecular weight excluding hydrogens is 286 g/mol. The van der Waals surface area contributed by atoms with Gasteiger partial charge < -0.3 is 10.4 Å². The number of aliphatic hydroxyl groups is 1. The van der Waals surface area contributed by atoms with Crippen molar-refractivity contribution in [3.05, 3.63) is 21.0 Å². The maximum absolute atomic E-state index is 11.3. The van der Waals surface area contributed by atoms with Gasteiger partial charge in [-0.05, 0) is 35.2 Å². The molecule has 1 aromatic heterocycles. The molecule has 0 spiro atoms. The molecule has 1 heterocycles. The van der Waals surface area contributed by atoms with E-state index in [4.69, 9.17) is 0 Å². The van der Waals surface area contributed by atoms with E-state index in [2.05, 4.69) is 45.3 Å². The van der Waals surface area contributed by atoms with Crippen LogP contribution in [0.25, 0.3) is 0 Å². The highest BCUT2D eigenvalue weighted by molar-refractivity contribution is 9.10. The summed E-state index contributed by atoms with van der Waals surface area (Å²) in [6.45, 7) is 6.25. The Labute approximate surface area is 109 Å². The predicted molar refractivity (Wildman–Crippen MR) is 71.1 cm³/mol. The lowest BCUT2D eigenvalue weighted by molar-refractivity contribution is 0.0515. The molecule has 1 atom stereocenters. The van der Waals surface area contributed by atoms with E-state index in [-0.39, 0.29) is 5.56 Å². The van der Waals surface area contributed by atoms with Crippen molar-refractivity contribution < 1.29 is 5.11 Å². The Morgan fingerprint density at radius 1 is 1.65 bits per heavy atom. The third-order valence-corrected chi connectivity index (χ3v) is 3.09. The molecule has 1 rings (SSSR count). The molecule has 5 nitrogen and oxygen atoms in total. The predicted octanol–water partition coefficient (Wildman–Crippen LogP) is 1.74. The van der Waals surface area contributed by atoms with Gasteiger partial charge in [-0.1, -0.05) is 13.8 Å². The molecule has 0 aliphatic heterocycles. The Morgan fingerprint density at radius 2 is 2.29 bits per heavy atom. The third-order valence-electron chi connectivity index (χ3n) is 2.30. The number of hydrogen-bond donors (Lipinski definition) is 3. The van der Waals surface area contributed by atoms with Crippen molar-refractivity contribution in [1.82, 2.24) is 10.2 Å². The molecule has 0 radical (unpaired) electrons. The monoisotopic (exact) mass is 303 g/mol. The number of halogens is 1. The molecule has 6 heteroatoms. The van der Waals surface area contributed by atoms with Gasteiger partial charge >= 0.3 is 0 Å². The topological polar surface area (TPSA) is 78.0 Å². The number of nitrogens with one attached hydrogen (secondary N) is 2. The van der Waals surface area contributed by atoms with Gasteiger partial charge in [0, 0.05) is 6.54 Å². The van der Waals surface area contributed by atoms with Gasteiger partial charge in [-0.3, -0.25) is 4.79 Å². The minimum absolute atomic E-state index is 0.293. The van der Waals surface area contributed by atoms with E-state index < -0.39 is 5.60 Å². The van der Waals surface area contributed by atoms with Gasteiger partial charge in [0.1, 0.15) is 4.47 Å². The average molecular weight is 304 g/mol. The second-order valence-corrected chi connectivity index (χ2v) is 5.67. The van der Waals surface area contributed by atoms with Crippen molar-refractivity contribution in [1.29, 1.82) is 0 Å². The fraction of sp³-hybridized carbons (Fsp3) is 0.636. The number of hydrogen-bond acceptors (Lipinski definition) is 4. The fourth-order valence-electron chi connectivity index (χ4n) is 1.74. The second kappa shape index (κ2) is 5.64. The first kappa shape index (κ1) is 14.2. The summed E-state index contributed by atoms with van der Waals surface area (Å²) in [6.07, 6.45) is 2.20. The number of nitrogens with zero attached hydrogens (tertiary/aromatic N) is 1. The molecule has 3 N–H and O–H groups in total. The average Bonchev–Trinajstić information content (AvgIpc) is 2.18. The molecule has 1 aromatic rings. The number of aromatic nitrogens is 2. The summed E-state index contributed by atoms with van der Waals surface area (Å²) in [7, 11) is 0. The Morgan fingerprint density at radius 3 is 2.88 bits per heavy atom. The Bertz CT molecular complexity index is 429. The molecule has 0 saturated carbocycles. The summed E-state index contributed by atoms with van der Waals surface area (Å²) >= 11 is 3.17. The quantitative estimate of drug-likeness (QED) is 0.774. The third kappa shape index (κ3) is 4.47. The zero-order chi connectivity index (χ0) is 13.1. The molecule has 0 aromatic carbocycles. The molecule has 0 saturated heterocycles. The van der Waals surface area contributed by atoms with Gasteiger partial charge in [0.2, 0.25) is 0 Å². The first-order valence-electron chi connectivity index (χ1n) is 5.51. The van der Waals surface area contributed by atoms with Crippen molar-refractivity contribution in [2.24, 2.45) is 5.92 Å². The van der Waals surface area contributed by atoms with Crippen LogP contribution in [0.2, 0.25) is 0 Å². The van der Waals surface area contributed by atoms with Crippen molar-refractivity contribution in [3.63, 3.8) is 0 Å². The lowest BCUT2D eigenvalue weighted by Crippen LogP contribution is -2.35. The Hall–Kier alpha value is -0.880. The Balaban J connectivity index is 2.67. The second-order valence-electron chi connectivity index (χ2n) is 4.88. The molecule has 0 aliphatic rings. The van der Waals surface area contributed by atoms with Gasteiger partial charge in [0.25, 0.3) is 5.56 Å². The SMILES string of the molecule is CC(C)CC(C)(O)CNc1cn[nH]c(=O)c1Br. The first-order chi connectivity index (χ1) is 7.82. The van der Waals surface area contributed by atoms with Gasteiger partial charge in [0.15, 0.2) is 0 Å². The van der Waals surface area contributed by atoms with E-state index >= 15 is 0 Å². The number of rotatable bonds is 5. The van der Waals surface area contributed by atoms with Crippen LogP contribution >= 0.6 is 15.9 Å². The molecule has 0 bridgehead atoms. The summed E-state index contributed by atoms with van der Waals surface area (Å²) in [5.74, 6) is 0.410. The van der Waals surface area contributed by atoms with Crippen LogP contribution in [0, 0.1) is 5.92 Å². The van der Waals surface area contributed by atoms with Crippen LogP contribution in [0.4, 0.5) is 5.69 Å². The number of anilines is 1. The smallest absolute Gasteiger partial charge is 0.280 e. The van der Waals surface area contributed by atoms with Crippen LogP contribution < -0.4 is 10.9 Å². The lowest BCUT2D eigenvalue weighted by atomic mass is 9.94. The van der Waals surface area contributed by atoms with Crippen LogP contribution in [0.5, 0.6) is 0 Å². The molecule has 0 aliphatic carbocycles. The van der Waals surface area contributed by atoms with Gasteiger partial charge in [-0.25, -0.2) is 5.10 Å². The van der Waals surface area contributed by atoms with E-state index in [9.17, 15) is 9.90 Å². The van der Waals surface area contributed by atoms with Crippen molar-refractivity contribution in [2.75, 3.05) is 11.9 Å². The summed E-state index contributed by atoms with van der Waals surface area (Å²) in [5, 5.41) is 19.2. The summed E-state index contributed by atoms with van der Waals surface area (Å²) in [5.41, 5.74) is -0.521. The van der Waals surface area contributed by atoms with Crippen LogP contribution in [-0.4, -0.2) is 27.4 Å². The van der Waals surface area contributed by atoms with Crippen molar-refractivity contribution in [2.45, 2.75) is 32.8 Å². The summed E-state index contributed by atoms with van der Waals surface area (Å²) in [6, 6.07) is 0. The minimum Gasteiger partial charge on any atom is -0.388 e. The van der Waals surface area contributed by atoms with Crippen molar-refractivity contribution in [3.8, 4) is 0 Å². The molecule has 96 valence electrons. The molecular formula is C11H18BrN3O2. The molecule has 1 unspecified atom stereocenters. The van der Waals surface area contributed by atoms with Crippen LogP contribution in [0.3, 0.4) is 0 Å². The minimum atomic E-state index is -0.809. The highest BCUT2D eigenvalue weighted by Gasteiger charge is 2.22. The maximum Gasteiger partial charge on any atom is 0.280 e. The van der Waals surface area contributed by atoms with Crippen LogP contribution in [0.1, 0.15) is 27.2 Å². The molecule has 17 heavy (non-hydrogen) atoms. The summed E-state index contributed by atoms with van der Waals surface area (Å²) in [4.78, 5) is 11.3. The maximum atomic E-state index is 11.3. The fourth-order valence-corrected chi connectivity index (χ4v) is 2.08. The molecule has 0 fully saturated rings. The first-order valence-corrected chi connectivity index (χ1v) is 6.30. The number of H-pyrrole nitrogens is 1. The van der Waals surface area contributed by atoms with E-state index in [1.807, 2.05) is 0 Å². The molecule has 0 amide bonds. The zero-order valence-corrected chi connectivity index (χ0v) is 11.8. The van der Waals surface area contributed by atoms with E-state index in [1.165, 1.54) is 6.20 Å². The number of aromatic amines is 1. The zero-order valence-electron chi connectivity index (χ0n) is 10.2. The van der Waals surface area contributed by atoms with E-state index in [0.717, 1.165) is 0 Å². The Kier molecular flexibility index (Phi) is 4.70. The highest BCUT2D eigenvalue weighted by Crippen LogP contribution is 2.20. The summed E-state index contributed by atoms with van der Waals surface area (Å²) < 4.78 is 0.396. The van der Waals surface area contributed by atoms with Gasteiger partial charge in [-0.15, -0.1) is 0 Å². The largest absolute Gasteiger partial charge is 0.388 e. The van der Waals surface area contributed by atoms with Gasteiger partial charge in [0.05, 0.1) is 17.5 Å². The normalized spacial score (nSPS) is 14.7. The van der Waals surface area contributed by atoms with Crippen LogP contribution in [0.15, 0.2) is 15.5 Å². The van der Waals surface area contributed by atoms with Crippen molar-refractivity contribution >= 4 is 21.6 Å². The van der Waals surface area contributed by atoms with E-state index in [1.54, 1.807) is 6.92 Å². The van der Waals surface area contributed by atoms with E-state index in [0.29, 0.717) is 29.0 Å². The standard InChI is InChI=1S/C11H18BrN3O2/c1-7(2)4-11(3,17)6-13-8-5-14-15-10(16)9(8)12/h5,7,17H,4,6H2,1-3H3,(H2,13,15,16). The van der Waals surface area contributed by atoms with Crippen LogP contribution in [-0.2, 0) is 0 Å². The van der Waals surface area contributed by atoms with Gasteiger partial charge in [-0.2, -0.15) is 5.10 Å². The lowest BCUT2D eigenvalue weighted by Gasteiger charge is -2.26.